The van der Waals surface area contributed by atoms with Gasteiger partial charge in [-0.25, -0.2) is 4.79 Å². The number of anilines is 1. The predicted octanol–water partition coefficient (Wildman–Crippen LogP) is 2.79. The van der Waals surface area contributed by atoms with E-state index < -0.39 is 10.5 Å². The maximum absolute atomic E-state index is 12.2. The molecular formula is C16H21N3O4. The number of carbonyl (C=O) groups is 1. The Bertz CT molecular complexity index is 623. The fraction of sp³-hybridized carbons (Fsp3) is 0.562. The molecule has 2 heterocycles. The van der Waals surface area contributed by atoms with E-state index in [1.807, 2.05) is 20.8 Å². The SMILES string of the molecule is CC(C)(C)OC(=O)N1C[C@@H]2C[C@H]1CN2c1ccc([N+](=O)[O-])cc1. The van der Waals surface area contributed by atoms with Gasteiger partial charge < -0.3 is 14.5 Å². The van der Waals surface area contributed by atoms with Crippen molar-refractivity contribution in [3.8, 4) is 0 Å². The van der Waals surface area contributed by atoms with Crippen LogP contribution in [0.4, 0.5) is 16.2 Å². The third kappa shape index (κ3) is 3.09. The van der Waals surface area contributed by atoms with Crippen LogP contribution < -0.4 is 4.90 Å². The van der Waals surface area contributed by atoms with Crippen LogP contribution in [0, 0.1) is 10.1 Å². The molecule has 0 spiro atoms. The quantitative estimate of drug-likeness (QED) is 0.619. The maximum atomic E-state index is 12.2. The Morgan fingerprint density at radius 2 is 1.87 bits per heavy atom. The summed E-state index contributed by atoms with van der Waals surface area (Å²) >= 11 is 0. The molecule has 2 aliphatic rings. The first-order valence-electron chi connectivity index (χ1n) is 7.75. The molecule has 3 rings (SSSR count). The van der Waals surface area contributed by atoms with Gasteiger partial charge in [-0.1, -0.05) is 0 Å². The van der Waals surface area contributed by atoms with Gasteiger partial charge in [-0.05, 0) is 39.3 Å². The van der Waals surface area contributed by atoms with Gasteiger partial charge in [0, 0.05) is 37.0 Å². The largest absolute Gasteiger partial charge is 0.444 e. The molecule has 2 saturated heterocycles. The number of hydrogen-bond acceptors (Lipinski definition) is 5. The summed E-state index contributed by atoms with van der Waals surface area (Å²) in [4.78, 5) is 26.6. The summed E-state index contributed by atoms with van der Waals surface area (Å²) in [6.45, 7) is 6.96. The summed E-state index contributed by atoms with van der Waals surface area (Å²) in [5.74, 6) is 0. The van der Waals surface area contributed by atoms with Gasteiger partial charge >= 0.3 is 6.09 Å². The lowest BCUT2D eigenvalue weighted by molar-refractivity contribution is -0.384. The fourth-order valence-corrected chi connectivity index (χ4v) is 3.29. The number of amides is 1. The minimum atomic E-state index is -0.489. The summed E-state index contributed by atoms with van der Waals surface area (Å²) in [6, 6.07) is 6.98. The Morgan fingerprint density at radius 1 is 1.22 bits per heavy atom. The Morgan fingerprint density at radius 3 is 2.35 bits per heavy atom. The molecule has 124 valence electrons. The Labute approximate surface area is 135 Å². The average molecular weight is 319 g/mol. The fourth-order valence-electron chi connectivity index (χ4n) is 3.29. The first-order chi connectivity index (χ1) is 10.7. The number of carbonyl (C=O) groups excluding carboxylic acids is 1. The topological polar surface area (TPSA) is 75.9 Å². The predicted molar refractivity (Wildman–Crippen MR) is 85.6 cm³/mol. The van der Waals surface area contributed by atoms with Gasteiger partial charge in [0.15, 0.2) is 0 Å². The molecule has 2 fully saturated rings. The van der Waals surface area contributed by atoms with Crippen LogP contribution in [0.5, 0.6) is 0 Å². The van der Waals surface area contributed by atoms with Gasteiger partial charge in [-0.3, -0.25) is 10.1 Å². The lowest BCUT2D eigenvalue weighted by Gasteiger charge is -2.36. The van der Waals surface area contributed by atoms with Crippen molar-refractivity contribution >= 4 is 17.5 Å². The number of fused-ring (bicyclic) bond motifs is 2. The molecule has 0 N–H and O–H groups in total. The van der Waals surface area contributed by atoms with Crippen molar-refractivity contribution in [3.63, 3.8) is 0 Å². The van der Waals surface area contributed by atoms with E-state index in [-0.39, 0.29) is 23.9 Å². The molecule has 0 unspecified atom stereocenters. The van der Waals surface area contributed by atoms with Crippen molar-refractivity contribution in [2.75, 3.05) is 18.0 Å². The Hall–Kier alpha value is -2.31. The lowest BCUT2D eigenvalue weighted by Crippen LogP contribution is -2.50. The second kappa shape index (κ2) is 5.40. The number of nitro groups is 1. The third-order valence-electron chi connectivity index (χ3n) is 4.26. The number of nitro benzene ring substituents is 1. The van der Waals surface area contributed by atoms with E-state index >= 15 is 0 Å². The Kier molecular flexibility index (Phi) is 3.66. The van der Waals surface area contributed by atoms with Crippen LogP contribution >= 0.6 is 0 Å². The minimum absolute atomic E-state index is 0.0912. The molecule has 2 bridgehead atoms. The molecule has 0 radical (unpaired) electrons. The number of piperazine rings is 1. The zero-order valence-corrected chi connectivity index (χ0v) is 13.6. The van der Waals surface area contributed by atoms with Gasteiger partial charge in [0.2, 0.25) is 0 Å². The number of benzene rings is 1. The van der Waals surface area contributed by atoms with E-state index in [4.69, 9.17) is 4.74 Å². The van der Waals surface area contributed by atoms with Crippen LogP contribution in [0.3, 0.4) is 0 Å². The summed E-state index contributed by atoms with van der Waals surface area (Å²) < 4.78 is 5.45. The van der Waals surface area contributed by atoms with E-state index in [0.717, 1.165) is 18.7 Å². The first kappa shape index (κ1) is 15.6. The first-order valence-corrected chi connectivity index (χ1v) is 7.75. The monoisotopic (exact) mass is 319 g/mol. The summed E-state index contributed by atoms with van der Waals surface area (Å²) in [7, 11) is 0. The molecule has 23 heavy (non-hydrogen) atoms. The van der Waals surface area contributed by atoms with Crippen molar-refractivity contribution in [2.24, 2.45) is 0 Å². The number of likely N-dealkylation sites (tertiary alicyclic amines) is 1. The van der Waals surface area contributed by atoms with Crippen molar-refractivity contribution in [1.29, 1.82) is 0 Å². The van der Waals surface area contributed by atoms with Gasteiger partial charge in [0.25, 0.3) is 5.69 Å². The number of nitrogens with zero attached hydrogens (tertiary/aromatic N) is 3. The van der Waals surface area contributed by atoms with E-state index in [9.17, 15) is 14.9 Å². The highest BCUT2D eigenvalue weighted by atomic mass is 16.6. The minimum Gasteiger partial charge on any atom is -0.444 e. The molecule has 2 atom stereocenters. The molecule has 0 saturated carbocycles. The zero-order valence-electron chi connectivity index (χ0n) is 13.6. The number of ether oxygens (including phenoxy) is 1. The van der Waals surface area contributed by atoms with E-state index in [2.05, 4.69) is 4.90 Å². The van der Waals surface area contributed by atoms with Crippen molar-refractivity contribution in [2.45, 2.75) is 44.9 Å². The highest BCUT2D eigenvalue weighted by Crippen LogP contribution is 2.35. The number of hydrogen-bond donors (Lipinski definition) is 0. The number of rotatable bonds is 2. The molecule has 0 aliphatic carbocycles. The smallest absolute Gasteiger partial charge is 0.410 e. The maximum Gasteiger partial charge on any atom is 0.410 e. The molecule has 2 aliphatic heterocycles. The van der Waals surface area contributed by atoms with E-state index in [0.29, 0.717) is 6.54 Å². The van der Waals surface area contributed by atoms with Gasteiger partial charge in [0.05, 0.1) is 11.0 Å². The third-order valence-corrected chi connectivity index (χ3v) is 4.26. The van der Waals surface area contributed by atoms with Crippen molar-refractivity contribution in [1.82, 2.24) is 4.90 Å². The van der Waals surface area contributed by atoms with Crippen LogP contribution in [0.1, 0.15) is 27.2 Å². The summed E-state index contributed by atoms with van der Waals surface area (Å²) in [5, 5.41) is 10.7. The van der Waals surface area contributed by atoms with Gasteiger partial charge in [-0.2, -0.15) is 0 Å². The molecule has 1 aromatic rings. The normalized spacial score (nSPS) is 23.3. The van der Waals surface area contributed by atoms with Crippen LogP contribution in [0.25, 0.3) is 0 Å². The highest BCUT2D eigenvalue weighted by Gasteiger charge is 2.46. The van der Waals surface area contributed by atoms with Crippen LogP contribution in [-0.4, -0.2) is 46.7 Å². The molecule has 7 heteroatoms. The van der Waals surface area contributed by atoms with Crippen LogP contribution in [0.15, 0.2) is 24.3 Å². The van der Waals surface area contributed by atoms with Gasteiger partial charge in [0.1, 0.15) is 5.60 Å². The zero-order chi connectivity index (χ0) is 16.8. The molecule has 1 amide bonds. The lowest BCUT2D eigenvalue weighted by atomic mass is 10.2. The Balaban J connectivity index is 1.66. The molecule has 0 aromatic heterocycles. The molecule has 1 aromatic carbocycles. The van der Waals surface area contributed by atoms with Gasteiger partial charge in [-0.15, -0.1) is 0 Å². The highest BCUT2D eigenvalue weighted by molar-refractivity contribution is 5.70. The molecule has 7 nitrogen and oxygen atoms in total. The summed E-state index contributed by atoms with van der Waals surface area (Å²) in [6.07, 6.45) is 0.657. The van der Waals surface area contributed by atoms with Crippen LogP contribution in [-0.2, 0) is 4.74 Å². The average Bonchev–Trinajstić information content (AvgIpc) is 3.05. The standard InChI is InChI=1S/C16H21N3O4/c1-16(2,3)23-15(20)18-10-13-8-14(18)9-17(13)11-4-6-12(7-5-11)19(21)22/h4-7,13-14H,8-10H2,1-3H3/t13-,14-/m0/s1. The van der Waals surface area contributed by atoms with Crippen molar-refractivity contribution in [3.05, 3.63) is 34.4 Å². The van der Waals surface area contributed by atoms with Crippen LogP contribution in [0.2, 0.25) is 0 Å². The van der Waals surface area contributed by atoms with Crippen molar-refractivity contribution < 1.29 is 14.5 Å². The van der Waals surface area contributed by atoms with E-state index in [1.54, 1.807) is 17.0 Å². The molecular weight excluding hydrogens is 298 g/mol. The second-order valence-electron chi connectivity index (χ2n) is 7.10. The van der Waals surface area contributed by atoms with E-state index in [1.165, 1.54) is 12.1 Å². The number of non-ortho nitro benzene ring substituents is 1. The second-order valence-corrected chi connectivity index (χ2v) is 7.10. The summed E-state index contributed by atoms with van der Waals surface area (Å²) in [5.41, 5.74) is 0.567.